The van der Waals surface area contributed by atoms with E-state index in [9.17, 15) is 4.79 Å². The predicted octanol–water partition coefficient (Wildman–Crippen LogP) is 1.70. The van der Waals surface area contributed by atoms with Crippen LogP contribution in [0.3, 0.4) is 0 Å². The summed E-state index contributed by atoms with van der Waals surface area (Å²) >= 11 is 0. The maximum absolute atomic E-state index is 10.4. The van der Waals surface area contributed by atoms with Crippen LogP contribution in [0.1, 0.15) is 39.5 Å². The third-order valence-corrected chi connectivity index (χ3v) is 3.02. The second-order valence-corrected chi connectivity index (χ2v) is 5.83. The molecule has 0 aromatic rings. The molecule has 5 nitrogen and oxygen atoms in total. The summed E-state index contributed by atoms with van der Waals surface area (Å²) in [5.41, 5.74) is 5.48. The number of unbranched alkanes of at least 4 members (excludes halogenated alkanes) is 2. The second kappa shape index (κ2) is 14.0. The molecule has 0 bridgehead atoms. The average molecular weight is 303 g/mol. The van der Waals surface area contributed by atoms with E-state index in [1.807, 2.05) is 0 Å². The molecule has 0 saturated heterocycles. The van der Waals surface area contributed by atoms with Gasteiger partial charge in [0, 0.05) is 6.42 Å². The molecule has 0 aliphatic heterocycles. The zero-order valence-electron chi connectivity index (χ0n) is 14.3. The van der Waals surface area contributed by atoms with Gasteiger partial charge in [-0.1, -0.05) is 26.0 Å². The molecule has 0 aliphatic carbocycles. The summed E-state index contributed by atoms with van der Waals surface area (Å²) in [6.07, 6.45) is 5.60. The zero-order chi connectivity index (χ0) is 16.7. The molecule has 1 atom stereocenters. The lowest BCUT2D eigenvalue weighted by atomic mass is 10.2. The average Bonchev–Trinajstić information content (AvgIpc) is 2.43. The van der Waals surface area contributed by atoms with Crippen LogP contribution in [-0.2, 0) is 9.53 Å². The number of esters is 1. The monoisotopic (exact) mass is 303 g/mol. The molecule has 0 heterocycles. The first-order chi connectivity index (χ1) is 9.80. The minimum Gasteiger partial charge on any atom is -0.460 e. The van der Waals surface area contributed by atoms with Crippen molar-refractivity contribution in [2.45, 2.75) is 45.6 Å². The van der Waals surface area contributed by atoms with Gasteiger partial charge in [0.1, 0.15) is 12.7 Å². The number of quaternary nitrogens is 1. The Morgan fingerprint density at radius 1 is 1.33 bits per heavy atom. The largest absolute Gasteiger partial charge is 0.460 e. The van der Waals surface area contributed by atoms with E-state index in [1.165, 1.54) is 45.4 Å². The fourth-order valence-corrected chi connectivity index (χ4v) is 1.68. The zero-order valence-corrected chi connectivity index (χ0v) is 14.3. The summed E-state index contributed by atoms with van der Waals surface area (Å²) in [6.45, 7) is 10.4. The number of carbonyl (C=O) groups excluding carboxylic acids is 1. The van der Waals surface area contributed by atoms with Gasteiger partial charge in [-0.2, -0.15) is 0 Å². The number of aliphatic hydroxyl groups is 1. The van der Waals surface area contributed by atoms with Gasteiger partial charge in [-0.25, -0.2) is 4.79 Å². The van der Waals surface area contributed by atoms with Crippen molar-refractivity contribution in [3.63, 3.8) is 0 Å². The minimum atomic E-state index is -1.04. The summed E-state index contributed by atoms with van der Waals surface area (Å²) in [4.78, 5) is 10.4. The van der Waals surface area contributed by atoms with Crippen molar-refractivity contribution in [2.24, 2.45) is 5.73 Å². The standard InChI is InChI=1S/C10H25N2.C6H10O3/c1-4-5-6-9-12(2,3)10-7-8-11;1-3-4-9-6(8)5(2)7/h4-11H2,1-3H3;3,5,7H,1,4H2,2H3/q+1;. The number of carbonyl (C=O) groups is 1. The van der Waals surface area contributed by atoms with Crippen molar-refractivity contribution >= 4 is 5.97 Å². The smallest absolute Gasteiger partial charge is 0.334 e. The Morgan fingerprint density at radius 2 is 1.90 bits per heavy atom. The maximum Gasteiger partial charge on any atom is 0.334 e. The van der Waals surface area contributed by atoms with E-state index in [-0.39, 0.29) is 6.61 Å². The highest BCUT2D eigenvalue weighted by Gasteiger charge is 2.12. The van der Waals surface area contributed by atoms with Crippen molar-refractivity contribution in [1.82, 2.24) is 0 Å². The third kappa shape index (κ3) is 17.0. The van der Waals surface area contributed by atoms with Crippen LogP contribution in [0.15, 0.2) is 12.7 Å². The van der Waals surface area contributed by atoms with E-state index in [0.29, 0.717) is 0 Å². The molecule has 0 saturated carbocycles. The lowest BCUT2D eigenvalue weighted by Gasteiger charge is -2.29. The number of hydrogen-bond acceptors (Lipinski definition) is 4. The highest BCUT2D eigenvalue weighted by atomic mass is 16.5. The molecule has 0 aromatic carbocycles. The van der Waals surface area contributed by atoms with Gasteiger partial charge in [0.15, 0.2) is 0 Å². The van der Waals surface area contributed by atoms with Gasteiger partial charge in [-0.3, -0.25) is 0 Å². The molecule has 0 amide bonds. The van der Waals surface area contributed by atoms with Crippen LogP contribution in [0.2, 0.25) is 0 Å². The molecule has 5 heteroatoms. The Hall–Kier alpha value is -0.910. The molecule has 126 valence electrons. The molecule has 3 N–H and O–H groups in total. The van der Waals surface area contributed by atoms with Crippen LogP contribution in [0.5, 0.6) is 0 Å². The quantitative estimate of drug-likeness (QED) is 0.279. The lowest BCUT2D eigenvalue weighted by Crippen LogP contribution is -2.41. The van der Waals surface area contributed by atoms with Gasteiger partial charge in [-0.15, -0.1) is 0 Å². The maximum atomic E-state index is 10.4. The Labute approximate surface area is 130 Å². The highest BCUT2D eigenvalue weighted by molar-refractivity contribution is 5.73. The number of nitrogens with zero attached hydrogens (tertiary/aromatic N) is 1. The first-order valence-electron chi connectivity index (χ1n) is 7.78. The normalized spacial score (nSPS) is 12.1. The minimum absolute atomic E-state index is 0.156. The van der Waals surface area contributed by atoms with Crippen LogP contribution >= 0.6 is 0 Å². The van der Waals surface area contributed by atoms with Crippen LogP contribution in [0, 0.1) is 0 Å². The van der Waals surface area contributed by atoms with Crippen molar-refractivity contribution < 1.29 is 19.1 Å². The van der Waals surface area contributed by atoms with Crippen LogP contribution < -0.4 is 5.73 Å². The first kappa shape index (κ1) is 22.4. The van der Waals surface area contributed by atoms with Crippen molar-refractivity contribution in [1.29, 1.82) is 0 Å². The highest BCUT2D eigenvalue weighted by Crippen LogP contribution is 2.04. The second-order valence-electron chi connectivity index (χ2n) is 5.83. The Balaban J connectivity index is 0. The molecule has 0 fully saturated rings. The summed E-state index contributed by atoms with van der Waals surface area (Å²) < 4.78 is 5.58. The molecular formula is C16H35N2O3+. The number of rotatable bonds is 10. The van der Waals surface area contributed by atoms with Gasteiger partial charge in [0.25, 0.3) is 0 Å². The molecule has 0 aromatic heterocycles. The molecule has 1 unspecified atom stereocenters. The summed E-state index contributed by atoms with van der Waals surface area (Å²) in [6, 6.07) is 0. The van der Waals surface area contributed by atoms with Crippen LogP contribution in [-0.4, -0.2) is 62.0 Å². The van der Waals surface area contributed by atoms with E-state index in [0.717, 1.165) is 17.4 Å². The van der Waals surface area contributed by atoms with E-state index in [1.54, 1.807) is 0 Å². The fourth-order valence-electron chi connectivity index (χ4n) is 1.68. The van der Waals surface area contributed by atoms with Gasteiger partial charge in [-0.05, 0) is 26.3 Å². The Bertz CT molecular complexity index is 266. The molecule has 0 spiro atoms. The molecule has 21 heavy (non-hydrogen) atoms. The Morgan fingerprint density at radius 3 is 2.33 bits per heavy atom. The van der Waals surface area contributed by atoms with Gasteiger partial charge in [0.2, 0.25) is 0 Å². The van der Waals surface area contributed by atoms with Crippen LogP contribution in [0.4, 0.5) is 0 Å². The molecule has 0 rings (SSSR count). The number of aliphatic hydroxyl groups excluding tert-OH is 1. The molecular weight excluding hydrogens is 268 g/mol. The molecule has 0 aliphatic rings. The van der Waals surface area contributed by atoms with E-state index < -0.39 is 12.1 Å². The number of hydrogen-bond donors (Lipinski definition) is 2. The molecule has 0 radical (unpaired) electrons. The fraction of sp³-hybridized carbons (Fsp3) is 0.812. The number of nitrogens with two attached hydrogens (primary N) is 1. The van der Waals surface area contributed by atoms with Crippen molar-refractivity contribution in [3.8, 4) is 0 Å². The van der Waals surface area contributed by atoms with E-state index in [2.05, 4.69) is 32.3 Å². The topological polar surface area (TPSA) is 72.5 Å². The number of ether oxygens (including phenoxy) is 1. The Kier molecular flexibility index (Phi) is 15.0. The lowest BCUT2D eigenvalue weighted by molar-refractivity contribution is -0.890. The third-order valence-electron chi connectivity index (χ3n) is 3.02. The van der Waals surface area contributed by atoms with E-state index >= 15 is 0 Å². The summed E-state index contributed by atoms with van der Waals surface area (Å²) in [7, 11) is 4.59. The van der Waals surface area contributed by atoms with Gasteiger partial charge in [0.05, 0.1) is 27.2 Å². The van der Waals surface area contributed by atoms with Crippen molar-refractivity contribution in [2.75, 3.05) is 40.3 Å². The summed E-state index contributed by atoms with van der Waals surface area (Å²) in [5.74, 6) is -0.616. The van der Waals surface area contributed by atoms with Gasteiger partial charge < -0.3 is 20.1 Å². The SMILES string of the molecule is C=CCOC(=O)C(C)O.CCCCC[N+](C)(C)CCCN. The summed E-state index contributed by atoms with van der Waals surface area (Å²) in [5, 5.41) is 8.54. The van der Waals surface area contributed by atoms with E-state index in [4.69, 9.17) is 10.8 Å². The van der Waals surface area contributed by atoms with Crippen molar-refractivity contribution in [3.05, 3.63) is 12.7 Å². The first-order valence-corrected chi connectivity index (χ1v) is 7.78. The van der Waals surface area contributed by atoms with Crippen LogP contribution in [0.25, 0.3) is 0 Å². The van der Waals surface area contributed by atoms with Gasteiger partial charge >= 0.3 is 5.97 Å². The predicted molar refractivity (Wildman–Crippen MR) is 87.9 cm³/mol.